The fourth-order valence-corrected chi connectivity index (χ4v) is 1.72. The number of methoxy groups -OCH3 is 1. The van der Waals surface area contributed by atoms with Crippen molar-refractivity contribution in [3.63, 3.8) is 0 Å². The number of halogens is 1. The molecule has 0 spiro atoms. The van der Waals surface area contributed by atoms with E-state index >= 15 is 0 Å². The SMILES string of the molecule is COc1cc(C(C)C)ccc1C(=O)C(=O)CBr. The van der Waals surface area contributed by atoms with E-state index in [1.165, 1.54) is 7.11 Å². The fourth-order valence-electron chi connectivity index (χ4n) is 1.47. The average Bonchev–Trinajstić information content (AvgIpc) is 2.35. The predicted molar refractivity (Wildman–Crippen MR) is 70.2 cm³/mol. The number of carbonyl (C=O) groups excluding carboxylic acids is 2. The smallest absolute Gasteiger partial charge is 0.233 e. The Hall–Kier alpha value is -1.16. The van der Waals surface area contributed by atoms with Gasteiger partial charge in [0.15, 0.2) is 0 Å². The summed E-state index contributed by atoms with van der Waals surface area (Å²) in [4.78, 5) is 23.1. The maximum Gasteiger partial charge on any atom is 0.233 e. The molecule has 1 aromatic rings. The molecule has 1 aromatic carbocycles. The molecular weight excluding hydrogens is 284 g/mol. The van der Waals surface area contributed by atoms with Gasteiger partial charge in [0.1, 0.15) is 5.75 Å². The zero-order chi connectivity index (χ0) is 13.0. The third-order valence-electron chi connectivity index (χ3n) is 2.51. The zero-order valence-electron chi connectivity index (χ0n) is 10.1. The topological polar surface area (TPSA) is 43.4 Å². The molecule has 17 heavy (non-hydrogen) atoms. The number of hydrogen-bond donors (Lipinski definition) is 0. The van der Waals surface area contributed by atoms with Gasteiger partial charge in [-0.3, -0.25) is 9.59 Å². The van der Waals surface area contributed by atoms with Crippen molar-refractivity contribution < 1.29 is 14.3 Å². The molecule has 0 heterocycles. The van der Waals surface area contributed by atoms with Crippen LogP contribution in [0.1, 0.15) is 35.7 Å². The Kier molecular flexibility index (Phi) is 4.87. The van der Waals surface area contributed by atoms with Crippen molar-refractivity contribution in [2.45, 2.75) is 19.8 Å². The predicted octanol–water partition coefficient (Wildman–Crippen LogP) is 2.97. The summed E-state index contributed by atoms with van der Waals surface area (Å²) in [5, 5.41) is 0.0287. The summed E-state index contributed by atoms with van der Waals surface area (Å²) in [7, 11) is 1.49. The summed E-state index contributed by atoms with van der Waals surface area (Å²) >= 11 is 2.99. The maximum absolute atomic E-state index is 11.8. The van der Waals surface area contributed by atoms with Gasteiger partial charge in [0.05, 0.1) is 18.0 Å². The molecule has 0 N–H and O–H groups in total. The van der Waals surface area contributed by atoms with Crippen LogP contribution in [0.15, 0.2) is 18.2 Å². The number of ether oxygens (including phenoxy) is 1. The second-order valence-electron chi connectivity index (χ2n) is 4.00. The first kappa shape index (κ1) is 13.9. The van der Waals surface area contributed by atoms with Crippen molar-refractivity contribution in [3.05, 3.63) is 29.3 Å². The fraction of sp³-hybridized carbons (Fsp3) is 0.385. The van der Waals surface area contributed by atoms with Crippen molar-refractivity contribution in [1.82, 2.24) is 0 Å². The van der Waals surface area contributed by atoms with E-state index in [-0.39, 0.29) is 5.33 Å². The van der Waals surface area contributed by atoms with E-state index in [4.69, 9.17) is 4.74 Å². The summed E-state index contributed by atoms with van der Waals surface area (Å²) in [6.45, 7) is 4.11. The van der Waals surface area contributed by atoms with Gasteiger partial charge in [0.2, 0.25) is 11.6 Å². The first-order chi connectivity index (χ1) is 8.01. The van der Waals surface area contributed by atoms with Crippen LogP contribution in [0.3, 0.4) is 0 Å². The first-order valence-corrected chi connectivity index (χ1v) is 6.44. The number of hydrogen-bond acceptors (Lipinski definition) is 3. The third-order valence-corrected chi connectivity index (χ3v) is 3.02. The molecule has 0 atom stereocenters. The highest BCUT2D eigenvalue weighted by Gasteiger charge is 2.19. The molecule has 0 saturated carbocycles. The Balaban J connectivity index is 3.17. The molecule has 3 nitrogen and oxygen atoms in total. The van der Waals surface area contributed by atoms with Gasteiger partial charge in [-0.05, 0) is 23.6 Å². The molecule has 92 valence electrons. The molecule has 0 unspecified atom stereocenters. The maximum atomic E-state index is 11.8. The highest BCUT2D eigenvalue weighted by atomic mass is 79.9. The molecule has 4 heteroatoms. The lowest BCUT2D eigenvalue weighted by Gasteiger charge is -2.11. The zero-order valence-corrected chi connectivity index (χ0v) is 11.7. The highest BCUT2D eigenvalue weighted by molar-refractivity contribution is 9.09. The van der Waals surface area contributed by atoms with Crippen LogP contribution in [-0.4, -0.2) is 24.0 Å². The van der Waals surface area contributed by atoms with Gasteiger partial charge < -0.3 is 4.74 Å². The Morgan fingerprint density at radius 2 is 2.00 bits per heavy atom. The molecule has 0 saturated heterocycles. The Morgan fingerprint density at radius 3 is 2.47 bits per heavy atom. The molecule has 0 fully saturated rings. The minimum absolute atomic E-state index is 0.0287. The van der Waals surface area contributed by atoms with E-state index in [0.29, 0.717) is 17.2 Å². The summed E-state index contributed by atoms with van der Waals surface area (Å²) in [5.74, 6) is -0.190. The third kappa shape index (κ3) is 3.16. The number of ketones is 2. The molecule has 0 aromatic heterocycles. The van der Waals surface area contributed by atoms with E-state index < -0.39 is 11.6 Å². The van der Waals surface area contributed by atoms with Gasteiger partial charge in [-0.25, -0.2) is 0 Å². The largest absolute Gasteiger partial charge is 0.496 e. The van der Waals surface area contributed by atoms with Crippen LogP contribution in [0, 0.1) is 0 Å². The van der Waals surface area contributed by atoms with Gasteiger partial charge in [-0.1, -0.05) is 35.8 Å². The Bertz CT molecular complexity index is 438. The highest BCUT2D eigenvalue weighted by Crippen LogP contribution is 2.25. The van der Waals surface area contributed by atoms with Crippen molar-refractivity contribution in [2.75, 3.05) is 12.4 Å². The molecule has 0 aliphatic heterocycles. The molecular formula is C13H15BrO3. The van der Waals surface area contributed by atoms with Gasteiger partial charge in [0, 0.05) is 0 Å². The molecule has 0 amide bonds. The molecule has 0 bridgehead atoms. The molecule has 0 aliphatic rings. The van der Waals surface area contributed by atoms with E-state index in [2.05, 4.69) is 29.8 Å². The number of carbonyl (C=O) groups is 2. The van der Waals surface area contributed by atoms with Crippen LogP contribution in [0.25, 0.3) is 0 Å². The van der Waals surface area contributed by atoms with Crippen molar-refractivity contribution >= 4 is 27.5 Å². The number of alkyl halides is 1. The van der Waals surface area contributed by atoms with Gasteiger partial charge >= 0.3 is 0 Å². The lowest BCUT2D eigenvalue weighted by Crippen LogP contribution is -2.16. The molecule has 0 radical (unpaired) electrons. The standard InChI is InChI=1S/C13H15BrO3/c1-8(2)9-4-5-10(12(6-9)17-3)13(16)11(15)7-14/h4-6,8H,7H2,1-3H3. The Labute approximate surface area is 109 Å². The second-order valence-corrected chi connectivity index (χ2v) is 4.56. The molecule has 1 rings (SSSR count). The number of rotatable bonds is 5. The average molecular weight is 299 g/mol. The van der Waals surface area contributed by atoms with E-state index in [9.17, 15) is 9.59 Å². The summed E-state index contributed by atoms with van der Waals surface area (Å²) in [6.07, 6.45) is 0. The number of benzene rings is 1. The summed E-state index contributed by atoms with van der Waals surface area (Å²) in [5.41, 5.74) is 1.39. The van der Waals surface area contributed by atoms with E-state index in [1.54, 1.807) is 12.1 Å². The van der Waals surface area contributed by atoms with Gasteiger partial charge in [-0.2, -0.15) is 0 Å². The van der Waals surface area contributed by atoms with Crippen LogP contribution >= 0.6 is 15.9 Å². The van der Waals surface area contributed by atoms with Crippen LogP contribution in [-0.2, 0) is 4.79 Å². The quantitative estimate of drug-likeness (QED) is 0.477. The first-order valence-electron chi connectivity index (χ1n) is 5.32. The summed E-state index contributed by atoms with van der Waals surface area (Å²) in [6, 6.07) is 5.30. The lowest BCUT2D eigenvalue weighted by atomic mass is 9.98. The van der Waals surface area contributed by atoms with Crippen molar-refractivity contribution in [3.8, 4) is 5.75 Å². The minimum Gasteiger partial charge on any atom is -0.496 e. The monoisotopic (exact) mass is 298 g/mol. The lowest BCUT2D eigenvalue weighted by molar-refractivity contribution is -0.112. The van der Waals surface area contributed by atoms with E-state index in [1.807, 2.05) is 6.07 Å². The second kappa shape index (κ2) is 5.96. The van der Waals surface area contributed by atoms with Crippen molar-refractivity contribution in [2.24, 2.45) is 0 Å². The number of Topliss-reactive ketones (excluding diaryl/α,β-unsaturated/α-hetero) is 2. The van der Waals surface area contributed by atoms with Crippen molar-refractivity contribution in [1.29, 1.82) is 0 Å². The van der Waals surface area contributed by atoms with Crippen LogP contribution in [0.5, 0.6) is 5.75 Å². The van der Waals surface area contributed by atoms with Crippen LogP contribution < -0.4 is 4.74 Å². The molecule has 0 aliphatic carbocycles. The minimum atomic E-state index is -0.519. The Morgan fingerprint density at radius 1 is 1.35 bits per heavy atom. The van der Waals surface area contributed by atoms with Crippen LogP contribution in [0.2, 0.25) is 0 Å². The van der Waals surface area contributed by atoms with Gasteiger partial charge in [0.25, 0.3) is 0 Å². The normalized spacial score (nSPS) is 10.4. The summed E-state index contributed by atoms with van der Waals surface area (Å²) < 4.78 is 5.16. The van der Waals surface area contributed by atoms with E-state index in [0.717, 1.165) is 5.56 Å². The van der Waals surface area contributed by atoms with Crippen LogP contribution in [0.4, 0.5) is 0 Å². The van der Waals surface area contributed by atoms with Gasteiger partial charge in [-0.15, -0.1) is 0 Å².